The van der Waals surface area contributed by atoms with Gasteiger partial charge in [0.15, 0.2) is 0 Å². The van der Waals surface area contributed by atoms with Gasteiger partial charge in [-0.05, 0) is 123 Å². The van der Waals surface area contributed by atoms with E-state index < -0.39 is 0 Å². The van der Waals surface area contributed by atoms with Crippen LogP contribution in [0.3, 0.4) is 0 Å². The van der Waals surface area contributed by atoms with Crippen molar-refractivity contribution in [1.82, 2.24) is 9.13 Å². The second-order valence-electron chi connectivity index (χ2n) is 13.9. The summed E-state index contributed by atoms with van der Waals surface area (Å²) in [6.45, 7) is 0. The summed E-state index contributed by atoms with van der Waals surface area (Å²) in [5.74, 6) is 0.499. The Morgan fingerprint density at radius 2 is 0.811 bits per heavy atom. The van der Waals surface area contributed by atoms with E-state index in [1.165, 1.54) is 32.3 Å². The predicted octanol–water partition coefficient (Wildman–Crippen LogP) is 12.1. The molecule has 0 aliphatic carbocycles. The predicted molar refractivity (Wildman–Crippen MR) is 218 cm³/mol. The van der Waals surface area contributed by atoms with Crippen LogP contribution in [0.15, 0.2) is 164 Å². The molecule has 0 saturated heterocycles. The first kappa shape index (κ1) is 29.5. The van der Waals surface area contributed by atoms with E-state index in [0.717, 1.165) is 66.1 Å². The topological polar surface area (TPSA) is 70.6 Å². The number of aromatic hydroxyl groups is 3. The summed E-state index contributed by atoms with van der Waals surface area (Å²) in [5, 5.41) is 43.4. The zero-order valence-electron chi connectivity index (χ0n) is 28.3. The molecule has 0 atom stereocenters. The van der Waals surface area contributed by atoms with E-state index in [4.69, 9.17) is 0 Å². The highest BCUT2D eigenvalue weighted by molar-refractivity contribution is 6.26. The maximum Gasteiger partial charge on any atom is 0.116 e. The second-order valence-corrected chi connectivity index (χ2v) is 13.9. The van der Waals surface area contributed by atoms with Gasteiger partial charge in [-0.25, -0.2) is 0 Å². The molecule has 0 amide bonds. The van der Waals surface area contributed by atoms with Crippen LogP contribution in [0.4, 0.5) is 0 Å². The lowest BCUT2D eigenvalue weighted by Crippen LogP contribution is -1.96. The third kappa shape index (κ3) is 4.25. The first-order valence-electron chi connectivity index (χ1n) is 17.7. The van der Waals surface area contributed by atoms with Gasteiger partial charge < -0.3 is 24.5 Å². The van der Waals surface area contributed by atoms with Gasteiger partial charge >= 0.3 is 0 Å². The summed E-state index contributed by atoms with van der Waals surface area (Å²) in [7, 11) is 0. The molecule has 250 valence electrons. The number of benzene rings is 9. The Hall–Kier alpha value is -7.24. The number of aromatic nitrogens is 2. The van der Waals surface area contributed by atoms with E-state index in [1.54, 1.807) is 24.3 Å². The van der Waals surface area contributed by atoms with Gasteiger partial charge in [-0.1, -0.05) is 78.9 Å². The maximum absolute atomic E-state index is 11.2. The highest BCUT2D eigenvalue weighted by atomic mass is 16.3. The van der Waals surface area contributed by atoms with Gasteiger partial charge in [-0.3, -0.25) is 0 Å². The minimum absolute atomic E-state index is 0.138. The molecule has 0 radical (unpaired) electrons. The molecule has 11 aromatic rings. The van der Waals surface area contributed by atoms with Crippen molar-refractivity contribution >= 4 is 75.9 Å². The van der Waals surface area contributed by atoms with Gasteiger partial charge in [0.1, 0.15) is 17.2 Å². The smallest absolute Gasteiger partial charge is 0.116 e. The van der Waals surface area contributed by atoms with Gasteiger partial charge in [-0.15, -0.1) is 0 Å². The van der Waals surface area contributed by atoms with Crippen LogP contribution < -0.4 is 0 Å². The van der Waals surface area contributed by atoms with Crippen molar-refractivity contribution in [2.45, 2.75) is 0 Å². The number of phenols is 3. The summed E-state index contributed by atoms with van der Waals surface area (Å²) < 4.78 is 4.47. The molecular formula is C48H30N2O3. The van der Waals surface area contributed by atoms with E-state index >= 15 is 0 Å². The summed E-state index contributed by atoms with van der Waals surface area (Å²) in [5.41, 5.74) is 7.61. The molecule has 0 aliphatic heterocycles. The molecule has 0 bridgehead atoms. The Morgan fingerprint density at radius 1 is 0.302 bits per heavy atom. The molecule has 0 fully saturated rings. The van der Waals surface area contributed by atoms with E-state index in [-0.39, 0.29) is 17.2 Å². The fourth-order valence-corrected chi connectivity index (χ4v) is 8.68. The van der Waals surface area contributed by atoms with Gasteiger partial charge in [0.05, 0.1) is 22.1 Å². The molecule has 3 N–H and O–H groups in total. The van der Waals surface area contributed by atoms with Crippen molar-refractivity contribution in [1.29, 1.82) is 0 Å². The molecule has 0 spiro atoms. The van der Waals surface area contributed by atoms with Crippen LogP contribution in [-0.4, -0.2) is 24.5 Å². The Morgan fingerprint density at radius 3 is 1.47 bits per heavy atom. The number of phenolic OH excluding ortho intramolecular Hbond substituents is 3. The van der Waals surface area contributed by atoms with Crippen molar-refractivity contribution in [2.75, 3.05) is 0 Å². The summed E-state index contributed by atoms with van der Waals surface area (Å²) >= 11 is 0. The number of fused-ring (bicyclic) bond motifs is 12. The Bertz CT molecular complexity index is 3280. The zero-order chi connectivity index (χ0) is 35.4. The summed E-state index contributed by atoms with van der Waals surface area (Å²) in [4.78, 5) is 0. The Labute approximate surface area is 303 Å². The highest BCUT2D eigenvalue weighted by Gasteiger charge is 2.21. The third-order valence-electron chi connectivity index (χ3n) is 10.9. The van der Waals surface area contributed by atoms with Crippen LogP contribution in [0.1, 0.15) is 0 Å². The lowest BCUT2D eigenvalue weighted by Gasteiger charge is -2.14. The van der Waals surface area contributed by atoms with Crippen molar-refractivity contribution in [3.8, 4) is 39.8 Å². The fourth-order valence-electron chi connectivity index (χ4n) is 8.68. The molecule has 2 aromatic heterocycles. The van der Waals surface area contributed by atoms with Gasteiger partial charge in [0, 0.05) is 38.5 Å². The number of hydrogen-bond donors (Lipinski definition) is 3. The van der Waals surface area contributed by atoms with E-state index in [9.17, 15) is 15.3 Å². The summed E-state index contributed by atoms with van der Waals surface area (Å²) in [6.07, 6.45) is 0. The zero-order valence-corrected chi connectivity index (χ0v) is 28.3. The van der Waals surface area contributed by atoms with Crippen molar-refractivity contribution in [3.05, 3.63) is 164 Å². The molecule has 0 aliphatic rings. The number of hydrogen-bond acceptors (Lipinski definition) is 3. The molecular weight excluding hydrogens is 653 g/mol. The normalized spacial score (nSPS) is 12.0. The molecule has 53 heavy (non-hydrogen) atoms. The molecule has 9 aromatic carbocycles. The largest absolute Gasteiger partial charge is 0.508 e. The molecule has 0 saturated carbocycles. The average molecular weight is 683 g/mol. The molecule has 5 nitrogen and oxygen atoms in total. The van der Waals surface area contributed by atoms with Crippen LogP contribution in [0, 0.1) is 0 Å². The lowest BCUT2D eigenvalue weighted by atomic mass is 9.94. The Balaban J connectivity index is 1.20. The quantitative estimate of drug-likeness (QED) is 0.162. The second kappa shape index (κ2) is 10.9. The average Bonchev–Trinajstić information content (AvgIpc) is 3.69. The lowest BCUT2D eigenvalue weighted by molar-refractivity contribution is 0.475. The Kier molecular flexibility index (Phi) is 6.05. The molecule has 2 heterocycles. The van der Waals surface area contributed by atoms with E-state index in [0.29, 0.717) is 0 Å². The van der Waals surface area contributed by atoms with Crippen LogP contribution >= 0.6 is 0 Å². The minimum Gasteiger partial charge on any atom is -0.508 e. The SMILES string of the molecule is Oc1ccc2c(c1)c1cc(-c3cc(O)cc4c5cc(O)ccc5n(-c5ccccc5)c34)ccc1n2-c1ccc2c3ccccc3c3ccccc3c2c1. The maximum atomic E-state index is 11.2. The van der Waals surface area contributed by atoms with E-state index in [2.05, 4.69) is 106 Å². The summed E-state index contributed by atoms with van der Waals surface area (Å²) in [6, 6.07) is 55.0. The van der Waals surface area contributed by atoms with Crippen LogP contribution in [0.5, 0.6) is 17.2 Å². The van der Waals surface area contributed by atoms with Crippen molar-refractivity contribution in [3.63, 3.8) is 0 Å². The number of nitrogens with zero attached hydrogens (tertiary/aromatic N) is 2. The first-order valence-corrected chi connectivity index (χ1v) is 17.7. The van der Waals surface area contributed by atoms with Gasteiger partial charge in [0.2, 0.25) is 0 Å². The minimum atomic E-state index is 0.138. The van der Waals surface area contributed by atoms with Crippen LogP contribution in [-0.2, 0) is 0 Å². The standard InChI is InChI=1S/C48H30N2O3/c51-31-16-20-46-42(24-31)41-22-28(39-26-33(53)27-44-43-25-32(52)17-21-47(43)50(48(39)44)29-8-2-1-3-9-29)14-19-45(41)49(46)30-15-18-38-36-12-5-4-10-34(36)35-11-6-7-13-37(35)40(38)23-30/h1-27,51-53H. The van der Waals surface area contributed by atoms with Crippen LogP contribution in [0.2, 0.25) is 0 Å². The van der Waals surface area contributed by atoms with Crippen molar-refractivity contribution < 1.29 is 15.3 Å². The molecule has 0 unspecified atom stereocenters. The van der Waals surface area contributed by atoms with E-state index in [1.807, 2.05) is 42.5 Å². The van der Waals surface area contributed by atoms with Crippen LogP contribution in [0.25, 0.3) is 98.4 Å². The number of para-hydroxylation sites is 1. The highest BCUT2D eigenvalue weighted by Crippen LogP contribution is 2.44. The van der Waals surface area contributed by atoms with Crippen molar-refractivity contribution in [2.24, 2.45) is 0 Å². The van der Waals surface area contributed by atoms with Gasteiger partial charge in [0.25, 0.3) is 0 Å². The van der Waals surface area contributed by atoms with Gasteiger partial charge in [-0.2, -0.15) is 0 Å². The fraction of sp³-hybridized carbons (Fsp3) is 0. The molecule has 5 heteroatoms. The molecule has 11 rings (SSSR count). The first-order chi connectivity index (χ1) is 26.0. The monoisotopic (exact) mass is 682 g/mol. The third-order valence-corrected chi connectivity index (χ3v) is 10.9. The number of rotatable bonds is 3.